The molecule has 0 aliphatic heterocycles. The minimum absolute atomic E-state index is 0.401. The number of halogens is 1. The summed E-state index contributed by atoms with van der Waals surface area (Å²) in [4.78, 5) is 0. The normalized spacial score (nSPS) is 37.0. The van der Waals surface area contributed by atoms with Crippen LogP contribution in [-0.4, -0.2) is 5.38 Å². The molecule has 0 saturated heterocycles. The van der Waals surface area contributed by atoms with Crippen molar-refractivity contribution >= 4 is 11.6 Å². The standard InChI is InChI=1S/C10H15Cl/c1-3-4-5-9-6-7-10(11)8(9)2/h1,8-10H,4-7H2,2H3. The summed E-state index contributed by atoms with van der Waals surface area (Å²) in [5.41, 5.74) is 0. The third-order valence-corrected chi connectivity index (χ3v) is 3.40. The molecule has 3 atom stereocenters. The molecule has 1 saturated carbocycles. The fourth-order valence-corrected chi connectivity index (χ4v) is 2.20. The molecule has 1 fully saturated rings. The van der Waals surface area contributed by atoms with E-state index >= 15 is 0 Å². The molecular weight excluding hydrogens is 156 g/mol. The van der Waals surface area contributed by atoms with Crippen LogP contribution in [0.25, 0.3) is 0 Å². The first kappa shape index (κ1) is 8.94. The highest BCUT2D eigenvalue weighted by Gasteiger charge is 2.30. The van der Waals surface area contributed by atoms with Crippen LogP contribution >= 0.6 is 11.6 Å². The van der Waals surface area contributed by atoms with Crippen molar-refractivity contribution in [3.63, 3.8) is 0 Å². The predicted molar refractivity (Wildman–Crippen MR) is 49.6 cm³/mol. The summed E-state index contributed by atoms with van der Waals surface area (Å²) in [6, 6.07) is 0. The summed E-state index contributed by atoms with van der Waals surface area (Å²) in [5.74, 6) is 4.14. The average Bonchev–Trinajstić information content (AvgIpc) is 2.31. The largest absolute Gasteiger partial charge is 0.123 e. The van der Waals surface area contributed by atoms with Gasteiger partial charge in [0.25, 0.3) is 0 Å². The van der Waals surface area contributed by atoms with Crippen molar-refractivity contribution in [2.45, 2.75) is 38.0 Å². The van der Waals surface area contributed by atoms with E-state index in [9.17, 15) is 0 Å². The molecule has 1 aliphatic carbocycles. The summed E-state index contributed by atoms with van der Waals surface area (Å²) in [7, 11) is 0. The second kappa shape index (κ2) is 4.02. The fourth-order valence-electron chi connectivity index (χ4n) is 1.87. The van der Waals surface area contributed by atoms with Crippen molar-refractivity contribution in [2.75, 3.05) is 0 Å². The van der Waals surface area contributed by atoms with Crippen molar-refractivity contribution in [3.8, 4) is 12.3 Å². The molecule has 0 aromatic rings. The van der Waals surface area contributed by atoms with E-state index in [0.29, 0.717) is 11.3 Å². The summed E-state index contributed by atoms with van der Waals surface area (Å²) in [6.07, 6.45) is 9.74. The van der Waals surface area contributed by atoms with E-state index in [0.717, 1.165) is 12.3 Å². The number of alkyl halides is 1. The van der Waals surface area contributed by atoms with Gasteiger partial charge in [-0.1, -0.05) is 6.92 Å². The topological polar surface area (TPSA) is 0 Å². The molecule has 0 radical (unpaired) electrons. The van der Waals surface area contributed by atoms with Gasteiger partial charge in [0.15, 0.2) is 0 Å². The van der Waals surface area contributed by atoms with Gasteiger partial charge in [-0.3, -0.25) is 0 Å². The van der Waals surface area contributed by atoms with Gasteiger partial charge in [-0.25, -0.2) is 0 Å². The molecule has 0 bridgehead atoms. The zero-order valence-corrected chi connectivity index (χ0v) is 7.77. The van der Waals surface area contributed by atoms with Crippen molar-refractivity contribution in [2.24, 2.45) is 11.8 Å². The quantitative estimate of drug-likeness (QED) is 0.442. The van der Waals surface area contributed by atoms with Crippen molar-refractivity contribution in [1.82, 2.24) is 0 Å². The third-order valence-electron chi connectivity index (χ3n) is 2.79. The Bertz CT molecular complexity index is 157. The Hall–Kier alpha value is -0.150. The Morgan fingerprint density at radius 2 is 2.27 bits per heavy atom. The first-order chi connectivity index (χ1) is 5.25. The Morgan fingerprint density at radius 1 is 1.55 bits per heavy atom. The monoisotopic (exact) mass is 170 g/mol. The van der Waals surface area contributed by atoms with E-state index in [4.69, 9.17) is 18.0 Å². The van der Waals surface area contributed by atoms with Crippen LogP contribution in [-0.2, 0) is 0 Å². The third kappa shape index (κ3) is 2.14. The first-order valence-electron chi connectivity index (χ1n) is 4.33. The Labute approximate surface area is 74.3 Å². The van der Waals surface area contributed by atoms with Gasteiger partial charge in [0.2, 0.25) is 0 Å². The van der Waals surface area contributed by atoms with Gasteiger partial charge in [0.05, 0.1) is 0 Å². The molecule has 0 aromatic heterocycles. The maximum Gasteiger partial charge on any atom is 0.0364 e. The smallest absolute Gasteiger partial charge is 0.0364 e. The van der Waals surface area contributed by atoms with E-state index in [1.54, 1.807) is 0 Å². The van der Waals surface area contributed by atoms with Crippen LogP contribution in [0.3, 0.4) is 0 Å². The lowest BCUT2D eigenvalue weighted by atomic mass is 9.93. The lowest BCUT2D eigenvalue weighted by Gasteiger charge is -2.15. The maximum absolute atomic E-state index is 6.08. The van der Waals surface area contributed by atoms with Gasteiger partial charge >= 0.3 is 0 Å². The molecule has 1 heteroatoms. The van der Waals surface area contributed by atoms with Crippen LogP contribution in [0.15, 0.2) is 0 Å². The summed E-state index contributed by atoms with van der Waals surface area (Å²) < 4.78 is 0. The highest BCUT2D eigenvalue weighted by atomic mass is 35.5. The maximum atomic E-state index is 6.08. The van der Waals surface area contributed by atoms with Crippen LogP contribution in [0.5, 0.6) is 0 Å². The number of hydrogen-bond donors (Lipinski definition) is 0. The lowest BCUT2D eigenvalue weighted by molar-refractivity contribution is 0.399. The number of hydrogen-bond acceptors (Lipinski definition) is 0. The Balaban J connectivity index is 2.31. The van der Waals surface area contributed by atoms with Crippen LogP contribution in [0.2, 0.25) is 0 Å². The van der Waals surface area contributed by atoms with E-state index in [1.165, 1.54) is 19.3 Å². The molecule has 0 amide bonds. The molecule has 62 valence electrons. The molecule has 11 heavy (non-hydrogen) atoms. The Kier molecular flexibility index (Phi) is 3.27. The molecule has 0 spiro atoms. The second-order valence-corrected chi connectivity index (χ2v) is 4.02. The van der Waals surface area contributed by atoms with E-state index in [2.05, 4.69) is 12.8 Å². The lowest BCUT2D eigenvalue weighted by Crippen LogP contribution is -2.10. The van der Waals surface area contributed by atoms with E-state index in [-0.39, 0.29) is 0 Å². The minimum atomic E-state index is 0.401. The van der Waals surface area contributed by atoms with Gasteiger partial charge < -0.3 is 0 Å². The van der Waals surface area contributed by atoms with Gasteiger partial charge in [-0.2, -0.15) is 0 Å². The molecule has 1 rings (SSSR count). The van der Waals surface area contributed by atoms with Crippen molar-refractivity contribution < 1.29 is 0 Å². The van der Waals surface area contributed by atoms with E-state index in [1.807, 2.05) is 0 Å². The fraction of sp³-hybridized carbons (Fsp3) is 0.800. The zero-order chi connectivity index (χ0) is 8.27. The number of rotatable bonds is 2. The van der Waals surface area contributed by atoms with Gasteiger partial charge in [-0.05, 0) is 31.1 Å². The zero-order valence-electron chi connectivity index (χ0n) is 7.02. The SMILES string of the molecule is C#CCCC1CCC(Cl)C1C. The van der Waals surface area contributed by atoms with Crippen LogP contribution in [0, 0.1) is 24.2 Å². The second-order valence-electron chi connectivity index (χ2n) is 3.46. The average molecular weight is 171 g/mol. The van der Waals surface area contributed by atoms with Crippen molar-refractivity contribution in [1.29, 1.82) is 0 Å². The van der Waals surface area contributed by atoms with Crippen LogP contribution in [0.1, 0.15) is 32.6 Å². The molecule has 1 aliphatic rings. The van der Waals surface area contributed by atoms with Crippen LogP contribution < -0.4 is 0 Å². The molecule has 0 aromatic carbocycles. The van der Waals surface area contributed by atoms with Gasteiger partial charge in [0, 0.05) is 11.8 Å². The predicted octanol–water partition coefficient (Wildman–Crippen LogP) is 3.05. The van der Waals surface area contributed by atoms with Crippen molar-refractivity contribution in [3.05, 3.63) is 0 Å². The first-order valence-corrected chi connectivity index (χ1v) is 4.77. The molecule has 0 heterocycles. The minimum Gasteiger partial charge on any atom is -0.123 e. The summed E-state index contributed by atoms with van der Waals surface area (Å²) in [6.45, 7) is 2.24. The molecular formula is C10H15Cl. The molecule has 3 unspecified atom stereocenters. The van der Waals surface area contributed by atoms with Gasteiger partial charge in [0.1, 0.15) is 0 Å². The molecule has 0 N–H and O–H groups in total. The summed E-state index contributed by atoms with van der Waals surface area (Å²) >= 11 is 6.08. The van der Waals surface area contributed by atoms with E-state index < -0.39 is 0 Å². The van der Waals surface area contributed by atoms with Crippen LogP contribution in [0.4, 0.5) is 0 Å². The van der Waals surface area contributed by atoms with Gasteiger partial charge in [-0.15, -0.1) is 23.9 Å². The highest BCUT2D eigenvalue weighted by Crippen LogP contribution is 2.37. The highest BCUT2D eigenvalue weighted by molar-refractivity contribution is 6.20. The number of terminal acetylenes is 1. The summed E-state index contributed by atoms with van der Waals surface area (Å²) in [5, 5.41) is 0.401. The molecule has 0 nitrogen and oxygen atoms in total. The Morgan fingerprint density at radius 3 is 2.73 bits per heavy atom.